The van der Waals surface area contributed by atoms with Crippen molar-refractivity contribution in [2.75, 3.05) is 23.4 Å². The second-order valence-corrected chi connectivity index (χ2v) is 11.0. The fraction of sp³-hybridized carbons (Fsp3) is 0.229. The van der Waals surface area contributed by atoms with Crippen molar-refractivity contribution in [1.29, 1.82) is 0 Å². The molecule has 2 N–H and O–H groups in total. The number of carboxylic acid groups (broad SMARTS) is 1. The van der Waals surface area contributed by atoms with Gasteiger partial charge in [-0.15, -0.1) is 0 Å². The lowest BCUT2D eigenvalue weighted by atomic mass is 10.00. The normalized spacial score (nSPS) is 13.1. The summed E-state index contributed by atoms with van der Waals surface area (Å²) >= 11 is 6.03. The Balaban J connectivity index is 1.16. The second-order valence-electron chi connectivity index (χ2n) is 10.6. The van der Waals surface area contributed by atoms with Crippen molar-refractivity contribution in [3.63, 3.8) is 0 Å². The number of amides is 1. The number of hydrogen-bond donors (Lipinski definition) is 2. The number of carbonyl (C=O) groups is 3. The van der Waals surface area contributed by atoms with Gasteiger partial charge in [0.05, 0.1) is 6.61 Å². The van der Waals surface area contributed by atoms with Crippen molar-refractivity contribution >= 4 is 40.6 Å². The van der Waals surface area contributed by atoms with Gasteiger partial charge in [0.2, 0.25) is 5.91 Å². The molecule has 0 bridgehead atoms. The molecule has 220 valence electrons. The Morgan fingerprint density at radius 2 is 1.56 bits per heavy atom. The van der Waals surface area contributed by atoms with Gasteiger partial charge in [-0.3, -0.25) is 9.59 Å². The number of aliphatic carboxylic acids is 1. The predicted molar refractivity (Wildman–Crippen MR) is 168 cm³/mol. The Hall–Kier alpha value is -4.62. The van der Waals surface area contributed by atoms with Gasteiger partial charge >= 0.3 is 5.97 Å². The monoisotopic (exact) mass is 596 g/mol. The summed E-state index contributed by atoms with van der Waals surface area (Å²) in [6.07, 6.45) is 2.72. The van der Waals surface area contributed by atoms with Gasteiger partial charge in [-0.25, -0.2) is 4.79 Å². The lowest BCUT2D eigenvalue weighted by Gasteiger charge is -2.23. The van der Waals surface area contributed by atoms with Crippen molar-refractivity contribution in [3.05, 3.63) is 125 Å². The molecule has 1 saturated carbocycles. The average Bonchev–Trinajstić information content (AvgIpc) is 3.88. The predicted octanol–water partition coefficient (Wildman–Crippen LogP) is 6.89. The number of para-hydroxylation sites is 1. The minimum absolute atomic E-state index is 0.103. The molecule has 1 amide bonds. The van der Waals surface area contributed by atoms with Crippen LogP contribution in [0.3, 0.4) is 0 Å². The Kier molecular flexibility index (Phi) is 9.74. The number of carboxylic acids is 1. The summed E-state index contributed by atoms with van der Waals surface area (Å²) in [6.45, 7) is 0.960. The van der Waals surface area contributed by atoms with Crippen LogP contribution in [0.4, 0.5) is 11.4 Å². The molecule has 1 aliphatic rings. The summed E-state index contributed by atoms with van der Waals surface area (Å²) in [5, 5.41) is 13.6. The van der Waals surface area contributed by atoms with Gasteiger partial charge in [0.1, 0.15) is 11.8 Å². The Bertz CT molecular complexity index is 1550. The molecule has 8 heteroatoms. The minimum Gasteiger partial charge on any atom is -0.494 e. The van der Waals surface area contributed by atoms with E-state index in [-0.39, 0.29) is 24.0 Å². The van der Waals surface area contributed by atoms with Gasteiger partial charge in [0, 0.05) is 46.4 Å². The molecule has 7 nitrogen and oxygen atoms in total. The van der Waals surface area contributed by atoms with E-state index in [1.807, 2.05) is 47.4 Å². The smallest absolute Gasteiger partial charge is 0.326 e. The fourth-order valence-electron chi connectivity index (χ4n) is 4.85. The van der Waals surface area contributed by atoms with E-state index in [9.17, 15) is 19.5 Å². The highest BCUT2D eigenvalue weighted by Gasteiger charge is 2.33. The van der Waals surface area contributed by atoms with Crippen LogP contribution in [-0.4, -0.2) is 42.0 Å². The van der Waals surface area contributed by atoms with E-state index in [0.29, 0.717) is 47.2 Å². The van der Waals surface area contributed by atoms with Crippen molar-refractivity contribution in [2.45, 2.75) is 31.7 Å². The summed E-state index contributed by atoms with van der Waals surface area (Å²) in [5.74, 6) is -0.295. The highest BCUT2D eigenvalue weighted by molar-refractivity contribution is 6.30. The molecular weight excluding hydrogens is 564 g/mol. The quantitative estimate of drug-likeness (QED) is 0.122. The molecule has 4 aromatic rings. The van der Waals surface area contributed by atoms with Crippen LogP contribution in [0.1, 0.15) is 40.7 Å². The molecule has 4 aromatic carbocycles. The zero-order chi connectivity index (χ0) is 30.2. The van der Waals surface area contributed by atoms with Gasteiger partial charge in [-0.1, -0.05) is 66.2 Å². The van der Waals surface area contributed by atoms with Crippen molar-refractivity contribution < 1.29 is 24.2 Å². The van der Waals surface area contributed by atoms with Crippen LogP contribution in [0.5, 0.6) is 5.75 Å². The van der Waals surface area contributed by atoms with E-state index in [0.717, 1.165) is 24.1 Å². The molecule has 0 aromatic heterocycles. The summed E-state index contributed by atoms with van der Waals surface area (Å²) < 4.78 is 5.93. The van der Waals surface area contributed by atoms with Crippen molar-refractivity contribution in [3.8, 4) is 5.75 Å². The van der Waals surface area contributed by atoms with E-state index in [2.05, 4.69) is 5.32 Å². The molecule has 0 radical (unpaired) electrons. The van der Waals surface area contributed by atoms with Crippen molar-refractivity contribution in [2.24, 2.45) is 5.92 Å². The summed E-state index contributed by atoms with van der Waals surface area (Å²) in [6, 6.07) is 29.5. The topological polar surface area (TPSA) is 95.9 Å². The van der Waals surface area contributed by atoms with Gasteiger partial charge < -0.3 is 20.1 Å². The molecule has 5 rings (SSSR count). The van der Waals surface area contributed by atoms with Crippen LogP contribution in [0.2, 0.25) is 5.02 Å². The molecule has 1 atom stereocenters. The molecular formula is C35H33ClN2O5. The third-order valence-electron chi connectivity index (χ3n) is 7.32. The van der Waals surface area contributed by atoms with Crippen LogP contribution in [0.25, 0.3) is 0 Å². The maximum atomic E-state index is 13.1. The molecule has 43 heavy (non-hydrogen) atoms. The maximum Gasteiger partial charge on any atom is 0.326 e. The molecule has 0 heterocycles. The first-order valence-corrected chi connectivity index (χ1v) is 14.7. The van der Waals surface area contributed by atoms with Crippen LogP contribution < -0.4 is 15.0 Å². The molecule has 0 aliphatic heterocycles. The van der Waals surface area contributed by atoms with Crippen molar-refractivity contribution in [1.82, 2.24) is 0 Å². The first-order valence-electron chi connectivity index (χ1n) is 14.4. The highest BCUT2D eigenvalue weighted by Crippen LogP contribution is 2.33. The molecule has 1 unspecified atom stereocenters. The number of nitrogens with zero attached hydrogens (tertiary/aromatic N) is 1. The molecule has 0 saturated heterocycles. The third-order valence-corrected chi connectivity index (χ3v) is 7.58. The number of carbonyl (C=O) groups excluding carboxylic acids is 2. The maximum absolute atomic E-state index is 13.1. The average molecular weight is 597 g/mol. The van der Waals surface area contributed by atoms with Gasteiger partial charge in [0.25, 0.3) is 0 Å². The summed E-state index contributed by atoms with van der Waals surface area (Å²) in [5.41, 5.74) is 3.06. The molecule has 0 spiro atoms. The van der Waals surface area contributed by atoms with Crippen LogP contribution in [-0.2, 0) is 16.0 Å². The standard InChI is InChI=1S/C35H33ClN2O5/c36-27-15-17-28(18-16-27)38(34(40)26-13-14-26)21-6-22-43-29-19-11-24(12-20-29)23-32(35(41)42)37-31-10-5-4-9-30(31)33(39)25-7-2-1-3-8-25/h1-5,7-12,15-20,26,32,37H,6,13-14,21-23H2,(H,41,42). The number of halogens is 1. The zero-order valence-electron chi connectivity index (χ0n) is 23.6. The summed E-state index contributed by atoms with van der Waals surface area (Å²) in [7, 11) is 0. The van der Waals surface area contributed by atoms with E-state index in [1.54, 1.807) is 60.7 Å². The van der Waals surface area contributed by atoms with Crippen LogP contribution in [0, 0.1) is 5.92 Å². The third kappa shape index (κ3) is 8.02. The fourth-order valence-corrected chi connectivity index (χ4v) is 4.97. The van der Waals surface area contributed by atoms with E-state index < -0.39 is 12.0 Å². The van der Waals surface area contributed by atoms with Crippen LogP contribution in [0.15, 0.2) is 103 Å². The van der Waals surface area contributed by atoms with Gasteiger partial charge in [0.15, 0.2) is 5.78 Å². The molecule has 1 fully saturated rings. The lowest BCUT2D eigenvalue weighted by molar-refractivity contribution is -0.137. The Labute approximate surface area is 256 Å². The Morgan fingerprint density at radius 3 is 2.23 bits per heavy atom. The Morgan fingerprint density at radius 1 is 0.884 bits per heavy atom. The number of benzene rings is 4. The highest BCUT2D eigenvalue weighted by atomic mass is 35.5. The number of rotatable bonds is 14. The number of nitrogens with one attached hydrogen (secondary N) is 1. The number of ketones is 1. The summed E-state index contributed by atoms with van der Waals surface area (Å²) in [4.78, 5) is 39.9. The van der Waals surface area contributed by atoms with E-state index in [1.165, 1.54) is 0 Å². The second kappa shape index (κ2) is 14.0. The van der Waals surface area contributed by atoms with Gasteiger partial charge in [-0.05, 0) is 73.4 Å². The number of hydrogen-bond acceptors (Lipinski definition) is 5. The van der Waals surface area contributed by atoms with Crippen LogP contribution >= 0.6 is 11.6 Å². The minimum atomic E-state index is -1.02. The lowest BCUT2D eigenvalue weighted by Crippen LogP contribution is -2.33. The van der Waals surface area contributed by atoms with E-state index in [4.69, 9.17) is 16.3 Å². The first-order chi connectivity index (χ1) is 20.9. The number of anilines is 2. The SMILES string of the molecule is O=C(c1ccccc1)c1ccccc1NC(Cc1ccc(OCCCN(C(=O)C2CC2)c2ccc(Cl)cc2)cc1)C(=O)O. The first kappa shape index (κ1) is 29.9. The zero-order valence-corrected chi connectivity index (χ0v) is 24.4. The van der Waals surface area contributed by atoms with E-state index >= 15 is 0 Å². The van der Waals surface area contributed by atoms with Gasteiger partial charge in [-0.2, -0.15) is 0 Å². The largest absolute Gasteiger partial charge is 0.494 e. The number of ether oxygens (including phenoxy) is 1. The molecule has 1 aliphatic carbocycles.